The number of aliphatic hydroxyl groups excluding tert-OH is 2. The first kappa shape index (κ1) is 30.8. The second-order valence-corrected chi connectivity index (χ2v) is 8.44. The number of cyclic esters (lactones) is 1. The largest absolute Gasteiger partial charge is 0.481 e. The van der Waals surface area contributed by atoms with E-state index >= 15 is 0 Å². The zero-order valence-electron chi connectivity index (χ0n) is 20.8. The topological polar surface area (TPSA) is 130 Å². The van der Waals surface area contributed by atoms with Crippen molar-refractivity contribution >= 4 is 17.9 Å². The monoisotopic (exact) mass is 502 g/mol. The molecule has 1 heterocycles. The van der Waals surface area contributed by atoms with Crippen LogP contribution in [0.15, 0.2) is 72.9 Å². The zero-order valence-corrected chi connectivity index (χ0v) is 20.8. The summed E-state index contributed by atoms with van der Waals surface area (Å²) in [5.41, 5.74) is 0. The fourth-order valence-electron chi connectivity index (χ4n) is 3.17. The average molecular weight is 503 g/mol. The fraction of sp³-hybridized carbons (Fsp3) is 0.464. The molecule has 0 saturated carbocycles. The lowest BCUT2D eigenvalue weighted by Crippen LogP contribution is -2.16. The second-order valence-electron chi connectivity index (χ2n) is 8.44. The number of aliphatic carboxylic acids is 1. The van der Waals surface area contributed by atoms with Crippen LogP contribution in [0.2, 0.25) is 0 Å². The molecule has 0 aromatic carbocycles. The highest BCUT2D eigenvalue weighted by Crippen LogP contribution is 2.09. The van der Waals surface area contributed by atoms with Crippen LogP contribution >= 0.6 is 0 Å². The number of esters is 2. The molecule has 1 aliphatic rings. The molecule has 1 aliphatic heterocycles. The molecule has 0 saturated heterocycles. The third kappa shape index (κ3) is 17.2. The molecular formula is C28H38O8. The Bertz CT molecular complexity index is 850. The maximum absolute atomic E-state index is 11.9. The second kappa shape index (κ2) is 19.0. The van der Waals surface area contributed by atoms with E-state index in [-0.39, 0.29) is 25.4 Å². The Balaban J connectivity index is 2.86. The molecule has 0 fully saturated rings. The van der Waals surface area contributed by atoms with E-state index in [1.54, 1.807) is 54.7 Å². The van der Waals surface area contributed by atoms with Gasteiger partial charge in [-0.25, -0.2) is 4.79 Å². The number of carboxylic acid groups (broad SMARTS) is 1. The summed E-state index contributed by atoms with van der Waals surface area (Å²) in [5.74, 6) is -2.16. The minimum atomic E-state index is -1.08. The summed E-state index contributed by atoms with van der Waals surface area (Å²) in [6.07, 6.45) is 20.5. The Hall–Kier alpha value is -3.23. The quantitative estimate of drug-likeness (QED) is 0.490. The van der Waals surface area contributed by atoms with Crippen LogP contribution in [0, 0.1) is 0 Å². The van der Waals surface area contributed by atoms with Crippen molar-refractivity contribution < 1.29 is 39.2 Å². The number of carbonyl (C=O) groups is 3. The summed E-state index contributed by atoms with van der Waals surface area (Å²) in [4.78, 5) is 34.6. The van der Waals surface area contributed by atoms with Gasteiger partial charge in [0.2, 0.25) is 0 Å². The molecule has 0 bridgehead atoms. The lowest BCUT2D eigenvalue weighted by atomic mass is 10.1. The van der Waals surface area contributed by atoms with Crippen molar-refractivity contribution in [3.63, 3.8) is 0 Å². The van der Waals surface area contributed by atoms with Crippen LogP contribution in [0.3, 0.4) is 0 Å². The minimum Gasteiger partial charge on any atom is -0.481 e. The van der Waals surface area contributed by atoms with Gasteiger partial charge in [-0.3, -0.25) is 9.59 Å². The van der Waals surface area contributed by atoms with E-state index in [0.29, 0.717) is 19.3 Å². The molecule has 0 unspecified atom stereocenters. The smallest absolute Gasteiger partial charge is 0.331 e. The minimum absolute atomic E-state index is 0.198. The van der Waals surface area contributed by atoms with E-state index in [1.165, 1.54) is 6.08 Å². The Morgan fingerprint density at radius 1 is 0.972 bits per heavy atom. The van der Waals surface area contributed by atoms with Crippen LogP contribution in [0.1, 0.15) is 58.3 Å². The van der Waals surface area contributed by atoms with Gasteiger partial charge in [-0.1, -0.05) is 60.8 Å². The maximum Gasteiger partial charge on any atom is 0.331 e. The Kier molecular flexibility index (Phi) is 16.3. The van der Waals surface area contributed by atoms with Gasteiger partial charge < -0.3 is 24.8 Å². The highest BCUT2D eigenvalue weighted by molar-refractivity contribution is 5.82. The molecule has 8 nitrogen and oxygen atoms in total. The van der Waals surface area contributed by atoms with Gasteiger partial charge in [0.1, 0.15) is 6.10 Å². The summed E-state index contributed by atoms with van der Waals surface area (Å²) < 4.78 is 10.7. The highest BCUT2D eigenvalue weighted by Gasteiger charge is 2.12. The number of ether oxygens (including phenoxy) is 2. The Morgan fingerprint density at radius 3 is 2.44 bits per heavy atom. The number of rotatable bonds is 4. The number of carbonyl (C=O) groups excluding carboxylic acids is 2. The molecule has 0 aromatic heterocycles. The van der Waals surface area contributed by atoms with Gasteiger partial charge in [-0.05, 0) is 38.7 Å². The van der Waals surface area contributed by atoms with Crippen molar-refractivity contribution in [3.05, 3.63) is 72.9 Å². The first-order chi connectivity index (χ1) is 17.3. The lowest BCUT2D eigenvalue weighted by Gasteiger charge is -2.12. The van der Waals surface area contributed by atoms with Gasteiger partial charge in [-0.2, -0.15) is 0 Å². The normalized spacial score (nSPS) is 30.5. The van der Waals surface area contributed by atoms with E-state index in [1.807, 2.05) is 19.1 Å². The van der Waals surface area contributed by atoms with E-state index < -0.39 is 36.2 Å². The molecule has 0 aromatic rings. The first-order valence-electron chi connectivity index (χ1n) is 12.2. The molecule has 0 amide bonds. The Morgan fingerprint density at radius 2 is 1.67 bits per heavy atom. The third-order valence-electron chi connectivity index (χ3n) is 5.05. The van der Waals surface area contributed by atoms with Gasteiger partial charge in [-0.15, -0.1) is 0 Å². The molecule has 198 valence electrons. The van der Waals surface area contributed by atoms with Gasteiger partial charge in [0.25, 0.3) is 0 Å². The van der Waals surface area contributed by atoms with Gasteiger partial charge in [0, 0.05) is 18.9 Å². The van der Waals surface area contributed by atoms with Gasteiger partial charge in [0.15, 0.2) is 0 Å². The summed E-state index contributed by atoms with van der Waals surface area (Å²) in [7, 11) is 0. The van der Waals surface area contributed by atoms with Crippen molar-refractivity contribution in [3.8, 4) is 0 Å². The van der Waals surface area contributed by atoms with Crippen molar-refractivity contribution in [2.24, 2.45) is 0 Å². The van der Waals surface area contributed by atoms with Crippen LogP contribution in [0.5, 0.6) is 0 Å². The number of aliphatic hydroxyl groups is 2. The Labute approximate surface area is 213 Å². The summed E-state index contributed by atoms with van der Waals surface area (Å²) in [6.45, 7) is 1.83. The van der Waals surface area contributed by atoms with E-state index in [0.717, 1.165) is 12.8 Å². The van der Waals surface area contributed by atoms with E-state index in [9.17, 15) is 24.6 Å². The maximum atomic E-state index is 11.9. The number of hydrogen-bond acceptors (Lipinski definition) is 7. The van der Waals surface area contributed by atoms with Gasteiger partial charge in [0.05, 0.1) is 31.2 Å². The van der Waals surface area contributed by atoms with E-state index in [2.05, 4.69) is 0 Å². The lowest BCUT2D eigenvalue weighted by molar-refractivity contribution is -0.150. The zero-order chi connectivity index (χ0) is 26.6. The number of carboxylic acids is 1. The molecule has 0 radical (unpaired) electrons. The standard InChI is InChI=1S/C28H38O8/c1-22-13-7-3-2-4-8-14-23(29)21-24(30)15-9-5-10-16-25(36-28(34)20-19-26(31)32)17-11-6-12-18-27(33)35-22/h2,4-6,8-12,14,16,18,22-25,29-30H,3,7,13,15,17,19-21H2,1H3,(H,31,32)/b4-2+,9-5-,11-6+,14-8+,16-10+,18-12+/t22-,23+,24+,25-/m1/s1. The van der Waals surface area contributed by atoms with Crippen LogP contribution in [0.25, 0.3) is 0 Å². The van der Waals surface area contributed by atoms with Crippen LogP contribution in [-0.2, 0) is 23.9 Å². The van der Waals surface area contributed by atoms with Gasteiger partial charge >= 0.3 is 17.9 Å². The van der Waals surface area contributed by atoms with Crippen molar-refractivity contribution in [2.45, 2.75) is 82.7 Å². The molecule has 0 aliphatic carbocycles. The van der Waals surface area contributed by atoms with Crippen molar-refractivity contribution in [2.75, 3.05) is 0 Å². The summed E-state index contributed by atoms with van der Waals surface area (Å²) in [5, 5.41) is 28.9. The SMILES string of the molecule is C[C@@H]1CCC/C=C/C=C/[C@H](O)C[C@@H](O)C/C=C\C=C\[C@@H](OC(=O)CCC(=O)O)C/C=C/C=C/C(=O)O1. The predicted octanol–water partition coefficient (Wildman–Crippen LogP) is 4.11. The molecular weight excluding hydrogens is 464 g/mol. The van der Waals surface area contributed by atoms with Crippen molar-refractivity contribution in [1.82, 2.24) is 0 Å². The summed E-state index contributed by atoms with van der Waals surface area (Å²) in [6, 6.07) is 0. The summed E-state index contributed by atoms with van der Waals surface area (Å²) >= 11 is 0. The molecule has 4 atom stereocenters. The molecule has 0 spiro atoms. The fourth-order valence-corrected chi connectivity index (χ4v) is 3.17. The third-order valence-corrected chi connectivity index (χ3v) is 5.05. The molecule has 36 heavy (non-hydrogen) atoms. The highest BCUT2D eigenvalue weighted by atomic mass is 16.5. The molecule has 1 rings (SSSR count). The van der Waals surface area contributed by atoms with Crippen LogP contribution in [-0.4, -0.2) is 57.6 Å². The first-order valence-corrected chi connectivity index (χ1v) is 12.2. The molecule has 8 heteroatoms. The number of allylic oxidation sites excluding steroid dienone is 7. The predicted molar refractivity (Wildman–Crippen MR) is 137 cm³/mol. The molecule has 3 N–H and O–H groups in total. The number of hydrogen-bond donors (Lipinski definition) is 3. The average Bonchev–Trinajstić information content (AvgIpc) is 2.80. The van der Waals surface area contributed by atoms with Crippen LogP contribution < -0.4 is 0 Å². The van der Waals surface area contributed by atoms with E-state index in [4.69, 9.17) is 14.6 Å². The van der Waals surface area contributed by atoms with Crippen LogP contribution in [0.4, 0.5) is 0 Å². The van der Waals surface area contributed by atoms with Crippen molar-refractivity contribution in [1.29, 1.82) is 0 Å².